The minimum Gasteiger partial charge on any atom is -0.355 e. The second-order valence-corrected chi connectivity index (χ2v) is 4.89. The van der Waals surface area contributed by atoms with Crippen molar-refractivity contribution in [3.63, 3.8) is 0 Å². The first kappa shape index (κ1) is 14.0. The van der Waals surface area contributed by atoms with Crippen molar-refractivity contribution in [1.29, 1.82) is 0 Å². The van der Waals surface area contributed by atoms with Crippen molar-refractivity contribution in [3.8, 4) is 0 Å². The highest BCUT2D eigenvalue weighted by molar-refractivity contribution is 5.87. The van der Waals surface area contributed by atoms with Gasteiger partial charge in [-0.3, -0.25) is 9.59 Å². The molecule has 0 radical (unpaired) electrons. The highest BCUT2D eigenvalue weighted by Gasteiger charge is 2.19. The molecule has 2 amide bonds. The third-order valence-electron chi connectivity index (χ3n) is 3.32. The third kappa shape index (κ3) is 5.20. The molecule has 0 heterocycles. The Balaban J connectivity index is 2.25. The average molecular weight is 240 g/mol. The van der Waals surface area contributed by atoms with Crippen LogP contribution >= 0.6 is 0 Å². The quantitative estimate of drug-likeness (QED) is 0.767. The largest absolute Gasteiger partial charge is 0.355 e. The van der Waals surface area contributed by atoms with Gasteiger partial charge in [0.1, 0.15) is 6.04 Å². The summed E-state index contributed by atoms with van der Waals surface area (Å²) in [6.07, 6.45) is 6.66. The highest BCUT2D eigenvalue weighted by Crippen LogP contribution is 2.26. The maximum Gasteiger partial charge on any atom is 0.242 e. The zero-order chi connectivity index (χ0) is 12.7. The molecular formula is C13H24N2O2. The van der Waals surface area contributed by atoms with E-state index >= 15 is 0 Å². The van der Waals surface area contributed by atoms with E-state index in [1.807, 2.05) is 6.92 Å². The van der Waals surface area contributed by atoms with Crippen LogP contribution < -0.4 is 10.6 Å². The molecule has 0 aromatic heterocycles. The molecule has 0 aromatic carbocycles. The molecule has 0 bridgehead atoms. The van der Waals surface area contributed by atoms with Gasteiger partial charge in [-0.15, -0.1) is 0 Å². The van der Waals surface area contributed by atoms with Gasteiger partial charge in [0.25, 0.3) is 0 Å². The SMILES string of the molecule is CCNC(=O)C(C)NC(=O)CC1CCCCC1. The number of likely N-dealkylation sites (N-methyl/N-ethyl adjacent to an activating group) is 1. The lowest BCUT2D eigenvalue weighted by atomic mass is 9.87. The van der Waals surface area contributed by atoms with Gasteiger partial charge in [-0.25, -0.2) is 0 Å². The zero-order valence-corrected chi connectivity index (χ0v) is 10.9. The Morgan fingerprint density at radius 2 is 1.88 bits per heavy atom. The van der Waals surface area contributed by atoms with Crippen molar-refractivity contribution in [3.05, 3.63) is 0 Å². The maximum absolute atomic E-state index is 11.7. The van der Waals surface area contributed by atoms with Crippen molar-refractivity contribution in [2.24, 2.45) is 5.92 Å². The predicted octanol–water partition coefficient (Wildman–Crippen LogP) is 1.60. The van der Waals surface area contributed by atoms with E-state index in [1.165, 1.54) is 19.3 Å². The topological polar surface area (TPSA) is 58.2 Å². The van der Waals surface area contributed by atoms with Crippen LogP contribution in [0.3, 0.4) is 0 Å². The van der Waals surface area contributed by atoms with Gasteiger partial charge in [-0.1, -0.05) is 19.3 Å². The summed E-state index contributed by atoms with van der Waals surface area (Å²) >= 11 is 0. The van der Waals surface area contributed by atoms with Crippen molar-refractivity contribution in [2.45, 2.75) is 58.4 Å². The number of hydrogen-bond acceptors (Lipinski definition) is 2. The molecule has 1 rings (SSSR count). The number of nitrogens with one attached hydrogen (secondary N) is 2. The number of hydrogen-bond donors (Lipinski definition) is 2. The first-order valence-electron chi connectivity index (χ1n) is 6.70. The smallest absolute Gasteiger partial charge is 0.242 e. The van der Waals surface area contributed by atoms with Crippen molar-refractivity contribution in [1.82, 2.24) is 10.6 Å². The van der Waals surface area contributed by atoms with E-state index in [0.29, 0.717) is 18.9 Å². The van der Waals surface area contributed by atoms with E-state index in [1.54, 1.807) is 6.92 Å². The summed E-state index contributed by atoms with van der Waals surface area (Å²) in [5, 5.41) is 5.46. The molecule has 17 heavy (non-hydrogen) atoms. The van der Waals surface area contributed by atoms with Gasteiger partial charge in [0.2, 0.25) is 11.8 Å². The molecule has 1 aliphatic carbocycles. The van der Waals surface area contributed by atoms with E-state index in [4.69, 9.17) is 0 Å². The maximum atomic E-state index is 11.7. The molecule has 0 aromatic rings. The fraction of sp³-hybridized carbons (Fsp3) is 0.846. The standard InChI is InChI=1S/C13H24N2O2/c1-3-14-13(17)10(2)15-12(16)9-11-7-5-4-6-8-11/h10-11H,3-9H2,1-2H3,(H,14,17)(H,15,16). The molecule has 4 heteroatoms. The van der Waals surface area contributed by atoms with Crippen molar-refractivity contribution >= 4 is 11.8 Å². The van der Waals surface area contributed by atoms with E-state index in [9.17, 15) is 9.59 Å². The molecule has 1 saturated carbocycles. The molecule has 98 valence electrons. The predicted molar refractivity (Wildman–Crippen MR) is 67.5 cm³/mol. The van der Waals surface area contributed by atoms with Crippen LogP contribution in [0.4, 0.5) is 0 Å². The second kappa shape index (κ2) is 7.30. The fourth-order valence-corrected chi connectivity index (χ4v) is 2.35. The summed E-state index contributed by atoms with van der Waals surface area (Å²) in [6.45, 7) is 4.19. The van der Waals surface area contributed by atoms with Crippen LogP contribution in [0.2, 0.25) is 0 Å². The first-order chi connectivity index (χ1) is 8.13. The molecule has 0 aliphatic heterocycles. The molecule has 1 atom stereocenters. The summed E-state index contributed by atoms with van der Waals surface area (Å²) in [5.41, 5.74) is 0. The summed E-state index contributed by atoms with van der Waals surface area (Å²) in [4.78, 5) is 23.2. The van der Waals surface area contributed by atoms with Gasteiger partial charge in [0.15, 0.2) is 0 Å². The van der Waals surface area contributed by atoms with Crippen LogP contribution in [0.1, 0.15) is 52.4 Å². The van der Waals surface area contributed by atoms with Crippen molar-refractivity contribution in [2.75, 3.05) is 6.54 Å². The van der Waals surface area contributed by atoms with E-state index < -0.39 is 6.04 Å². The van der Waals surface area contributed by atoms with Gasteiger partial charge < -0.3 is 10.6 Å². The normalized spacial score (nSPS) is 18.5. The molecular weight excluding hydrogens is 216 g/mol. The van der Waals surface area contributed by atoms with Gasteiger partial charge in [0.05, 0.1) is 0 Å². The lowest BCUT2D eigenvalue weighted by Gasteiger charge is -2.21. The van der Waals surface area contributed by atoms with Gasteiger partial charge in [-0.05, 0) is 32.6 Å². The van der Waals surface area contributed by atoms with Gasteiger partial charge >= 0.3 is 0 Å². The highest BCUT2D eigenvalue weighted by atomic mass is 16.2. The first-order valence-corrected chi connectivity index (χ1v) is 6.70. The van der Waals surface area contributed by atoms with E-state index in [2.05, 4.69) is 10.6 Å². The monoisotopic (exact) mass is 240 g/mol. The van der Waals surface area contributed by atoms with Crippen LogP contribution in [0.5, 0.6) is 0 Å². The summed E-state index contributed by atoms with van der Waals surface area (Å²) in [5.74, 6) is 0.422. The number of rotatable bonds is 5. The molecule has 2 N–H and O–H groups in total. The lowest BCUT2D eigenvalue weighted by molar-refractivity contribution is -0.129. The minimum atomic E-state index is -0.425. The summed E-state index contributed by atoms with van der Waals surface area (Å²) in [7, 11) is 0. The lowest BCUT2D eigenvalue weighted by Crippen LogP contribution is -2.45. The molecule has 4 nitrogen and oxygen atoms in total. The number of carbonyl (C=O) groups is 2. The van der Waals surface area contributed by atoms with Gasteiger partial charge in [0, 0.05) is 13.0 Å². The van der Waals surface area contributed by atoms with Crippen LogP contribution in [-0.2, 0) is 9.59 Å². The Kier molecular flexibility index (Phi) is 6.01. The molecule has 1 unspecified atom stereocenters. The molecule has 1 fully saturated rings. The zero-order valence-electron chi connectivity index (χ0n) is 10.9. The Morgan fingerprint density at radius 3 is 2.47 bits per heavy atom. The van der Waals surface area contributed by atoms with E-state index in [0.717, 1.165) is 12.8 Å². The second-order valence-electron chi connectivity index (χ2n) is 4.89. The van der Waals surface area contributed by atoms with Crippen LogP contribution in [0, 0.1) is 5.92 Å². The van der Waals surface area contributed by atoms with Crippen LogP contribution in [0.25, 0.3) is 0 Å². The third-order valence-corrected chi connectivity index (χ3v) is 3.32. The fourth-order valence-electron chi connectivity index (χ4n) is 2.35. The molecule has 1 aliphatic rings. The average Bonchev–Trinajstić information content (AvgIpc) is 2.30. The van der Waals surface area contributed by atoms with Crippen molar-refractivity contribution < 1.29 is 9.59 Å². The van der Waals surface area contributed by atoms with Crippen LogP contribution in [0.15, 0.2) is 0 Å². The molecule has 0 saturated heterocycles. The van der Waals surface area contributed by atoms with E-state index in [-0.39, 0.29) is 11.8 Å². The Bertz CT molecular complexity index is 260. The Hall–Kier alpha value is -1.06. The van der Waals surface area contributed by atoms with Crippen LogP contribution in [-0.4, -0.2) is 24.4 Å². The number of amides is 2. The summed E-state index contributed by atoms with van der Waals surface area (Å²) in [6, 6.07) is -0.425. The Labute approximate surface area is 104 Å². The number of carbonyl (C=O) groups excluding carboxylic acids is 2. The summed E-state index contributed by atoms with van der Waals surface area (Å²) < 4.78 is 0. The minimum absolute atomic E-state index is 0.00986. The molecule has 0 spiro atoms. The van der Waals surface area contributed by atoms with Gasteiger partial charge in [-0.2, -0.15) is 0 Å². The Morgan fingerprint density at radius 1 is 1.24 bits per heavy atom.